The maximum Gasteiger partial charge on any atom is 0.219 e. The molecular weight excluding hydrogens is 202 g/mol. The van der Waals surface area contributed by atoms with E-state index in [0.29, 0.717) is 6.42 Å². The highest BCUT2D eigenvalue weighted by Crippen LogP contribution is 2.08. The SMILES string of the molecule is CCNC(=O)CCCCCCCCC(C)=O. The molecule has 94 valence electrons. The number of hydrogen-bond donors (Lipinski definition) is 1. The minimum Gasteiger partial charge on any atom is -0.356 e. The van der Waals surface area contributed by atoms with Crippen LogP contribution in [0.25, 0.3) is 0 Å². The van der Waals surface area contributed by atoms with Crippen LogP contribution in [0.1, 0.15) is 65.2 Å². The van der Waals surface area contributed by atoms with Gasteiger partial charge in [0.05, 0.1) is 0 Å². The Hall–Kier alpha value is -0.860. The summed E-state index contributed by atoms with van der Waals surface area (Å²) < 4.78 is 0. The molecule has 0 atom stereocenters. The lowest BCUT2D eigenvalue weighted by atomic mass is 10.1. The Morgan fingerprint density at radius 3 is 1.88 bits per heavy atom. The molecular formula is C13H25NO2. The first-order valence-electron chi connectivity index (χ1n) is 6.43. The number of carbonyl (C=O) groups is 2. The van der Waals surface area contributed by atoms with Crippen LogP contribution in [0.3, 0.4) is 0 Å². The lowest BCUT2D eigenvalue weighted by Gasteiger charge is -2.02. The lowest BCUT2D eigenvalue weighted by Crippen LogP contribution is -2.21. The fourth-order valence-electron chi connectivity index (χ4n) is 1.65. The second-order valence-corrected chi connectivity index (χ2v) is 4.28. The summed E-state index contributed by atoms with van der Waals surface area (Å²) in [5.74, 6) is 0.454. The Kier molecular flexibility index (Phi) is 10.1. The first kappa shape index (κ1) is 15.1. The predicted octanol–water partition coefficient (Wildman–Crippen LogP) is 2.83. The molecule has 0 rings (SSSR count). The van der Waals surface area contributed by atoms with E-state index in [1.54, 1.807) is 6.92 Å². The molecule has 0 fully saturated rings. The number of carbonyl (C=O) groups excluding carboxylic acids is 2. The third-order valence-corrected chi connectivity index (χ3v) is 2.56. The van der Waals surface area contributed by atoms with Crippen LogP contribution in [0.15, 0.2) is 0 Å². The van der Waals surface area contributed by atoms with Crippen LogP contribution in [0.5, 0.6) is 0 Å². The van der Waals surface area contributed by atoms with Crippen molar-refractivity contribution < 1.29 is 9.59 Å². The third kappa shape index (κ3) is 11.2. The van der Waals surface area contributed by atoms with Crippen LogP contribution in [0.2, 0.25) is 0 Å². The molecule has 16 heavy (non-hydrogen) atoms. The number of rotatable bonds is 10. The summed E-state index contributed by atoms with van der Waals surface area (Å²) in [6.45, 7) is 4.31. The highest BCUT2D eigenvalue weighted by molar-refractivity contribution is 5.75. The topological polar surface area (TPSA) is 46.2 Å². The maximum atomic E-state index is 11.1. The molecule has 0 heterocycles. The second kappa shape index (κ2) is 10.7. The highest BCUT2D eigenvalue weighted by atomic mass is 16.1. The van der Waals surface area contributed by atoms with Crippen LogP contribution in [-0.2, 0) is 9.59 Å². The molecule has 0 bridgehead atoms. The van der Waals surface area contributed by atoms with Gasteiger partial charge in [-0.25, -0.2) is 0 Å². The van der Waals surface area contributed by atoms with E-state index >= 15 is 0 Å². The number of unbranched alkanes of at least 4 members (excludes halogenated alkanes) is 5. The molecule has 0 unspecified atom stereocenters. The number of Topliss-reactive ketones (excluding diaryl/α,β-unsaturated/α-hetero) is 1. The molecule has 0 saturated heterocycles. The van der Waals surface area contributed by atoms with Crippen LogP contribution < -0.4 is 5.32 Å². The predicted molar refractivity (Wildman–Crippen MR) is 66.3 cm³/mol. The van der Waals surface area contributed by atoms with E-state index in [0.717, 1.165) is 38.6 Å². The number of nitrogens with one attached hydrogen (secondary N) is 1. The van der Waals surface area contributed by atoms with Gasteiger partial charge in [-0.3, -0.25) is 4.79 Å². The molecule has 0 saturated carbocycles. The lowest BCUT2D eigenvalue weighted by molar-refractivity contribution is -0.121. The van der Waals surface area contributed by atoms with E-state index in [4.69, 9.17) is 0 Å². The van der Waals surface area contributed by atoms with E-state index in [2.05, 4.69) is 5.32 Å². The summed E-state index contributed by atoms with van der Waals surface area (Å²) in [7, 11) is 0. The summed E-state index contributed by atoms with van der Waals surface area (Å²) in [4.78, 5) is 21.8. The minimum absolute atomic E-state index is 0.166. The zero-order chi connectivity index (χ0) is 12.2. The van der Waals surface area contributed by atoms with Crippen molar-refractivity contribution in [1.82, 2.24) is 5.32 Å². The van der Waals surface area contributed by atoms with Crippen molar-refractivity contribution in [2.45, 2.75) is 65.2 Å². The quantitative estimate of drug-likeness (QED) is 0.583. The van der Waals surface area contributed by atoms with E-state index in [1.165, 1.54) is 12.8 Å². The smallest absolute Gasteiger partial charge is 0.219 e. The Morgan fingerprint density at radius 1 is 0.875 bits per heavy atom. The van der Waals surface area contributed by atoms with E-state index < -0.39 is 0 Å². The molecule has 1 amide bonds. The van der Waals surface area contributed by atoms with Crippen LogP contribution >= 0.6 is 0 Å². The second-order valence-electron chi connectivity index (χ2n) is 4.28. The molecule has 0 spiro atoms. The van der Waals surface area contributed by atoms with E-state index in [1.807, 2.05) is 6.92 Å². The van der Waals surface area contributed by atoms with Gasteiger partial charge in [-0.2, -0.15) is 0 Å². The molecule has 0 aromatic rings. The molecule has 0 aromatic carbocycles. The van der Waals surface area contributed by atoms with Crippen LogP contribution in [0.4, 0.5) is 0 Å². The van der Waals surface area contributed by atoms with Gasteiger partial charge in [-0.1, -0.05) is 25.7 Å². The van der Waals surface area contributed by atoms with Gasteiger partial charge in [0.25, 0.3) is 0 Å². The minimum atomic E-state index is 0.166. The molecule has 0 aromatic heterocycles. The van der Waals surface area contributed by atoms with Crippen molar-refractivity contribution in [3.63, 3.8) is 0 Å². The Balaban J connectivity index is 3.09. The normalized spacial score (nSPS) is 10.1. The summed E-state index contributed by atoms with van der Waals surface area (Å²) >= 11 is 0. The molecule has 3 heteroatoms. The summed E-state index contributed by atoms with van der Waals surface area (Å²) in [6, 6.07) is 0. The fourth-order valence-corrected chi connectivity index (χ4v) is 1.65. The third-order valence-electron chi connectivity index (χ3n) is 2.56. The van der Waals surface area contributed by atoms with Crippen molar-refractivity contribution in [2.75, 3.05) is 6.54 Å². The highest BCUT2D eigenvalue weighted by Gasteiger charge is 1.98. The van der Waals surface area contributed by atoms with Gasteiger partial charge in [0.1, 0.15) is 5.78 Å². The van der Waals surface area contributed by atoms with Gasteiger partial charge in [0.2, 0.25) is 5.91 Å². The van der Waals surface area contributed by atoms with Gasteiger partial charge in [-0.05, 0) is 26.7 Å². The average molecular weight is 227 g/mol. The average Bonchev–Trinajstić information content (AvgIpc) is 2.22. The molecule has 0 aliphatic carbocycles. The van der Waals surface area contributed by atoms with Crippen molar-refractivity contribution >= 4 is 11.7 Å². The zero-order valence-electron chi connectivity index (χ0n) is 10.7. The van der Waals surface area contributed by atoms with Gasteiger partial charge in [0, 0.05) is 19.4 Å². The van der Waals surface area contributed by atoms with Crippen LogP contribution in [-0.4, -0.2) is 18.2 Å². The van der Waals surface area contributed by atoms with Gasteiger partial charge in [-0.15, -0.1) is 0 Å². The maximum absolute atomic E-state index is 11.1. The molecule has 0 aliphatic rings. The molecule has 1 N–H and O–H groups in total. The Morgan fingerprint density at radius 2 is 1.38 bits per heavy atom. The Labute approximate surface area is 99.0 Å². The number of ketones is 1. The van der Waals surface area contributed by atoms with Crippen molar-refractivity contribution in [3.8, 4) is 0 Å². The van der Waals surface area contributed by atoms with Gasteiger partial charge < -0.3 is 10.1 Å². The summed E-state index contributed by atoms with van der Waals surface area (Å²) in [5, 5.41) is 2.79. The zero-order valence-corrected chi connectivity index (χ0v) is 10.7. The first-order valence-corrected chi connectivity index (χ1v) is 6.43. The summed E-state index contributed by atoms with van der Waals surface area (Å²) in [6.07, 6.45) is 8.00. The van der Waals surface area contributed by atoms with E-state index in [9.17, 15) is 9.59 Å². The fraction of sp³-hybridized carbons (Fsp3) is 0.846. The number of amides is 1. The number of hydrogen-bond acceptors (Lipinski definition) is 2. The molecule has 3 nitrogen and oxygen atoms in total. The molecule has 0 radical (unpaired) electrons. The standard InChI is InChI=1S/C13H25NO2/c1-3-14-13(16)11-9-7-5-4-6-8-10-12(2)15/h3-11H2,1-2H3,(H,14,16). The first-order chi connectivity index (χ1) is 7.66. The van der Waals surface area contributed by atoms with Crippen molar-refractivity contribution in [2.24, 2.45) is 0 Å². The summed E-state index contributed by atoms with van der Waals surface area (Å²) in [5.41, 5.74) is 0. The van der Waals surface area contributed by atoms with Crippen molar-refractivity contribution in [3.05, 3.63) is 0 Å². The Bertz CT molecular complexity index is 202. The monoisotopic (exact) mass is 227 g/mol. The largest absolute Gasteiger partial charge is 0.356 e. The van der Waals surface area contributed by atoms with E-state index in [-0.39, 0.29) is 11.7 Å². The van der Waals surface area contributed by atoms with Gasteiger partial charge in [0.15, 0.2) is 0 Å². The van der Waals surface area contributed by atoms with Crippen molar-refractivity contribution in [1.29, 1.82) is 0 Å². The molecule has 0 aliphatic heterocycles. The van der Waals surface area contributed by atoms with Gasteiger partial charge >= 0.3 is 0 Å². The van der Waals surface area contributed by atoms with Crippen LogP contribution in [0, 0.1) is 0 Å².